The molecule has 0 aliphatic rings. The summed E-state index contributed by atoms with van der Waals surface area (Å²) < 4.78 is 10.7. The van der Waals surface area contributed by atoms with Gasteiger partial charge in [-0.05, 0) is 54.4 Å². The van der Waals surface area contributed by atoms with Crippen LogP contribution in [0.15, 0.2) is 72.8 Å². The highest BCUT2D eigenvalue weighted by atomic mass is 35.5. The first-order valence-corrected chi connectivity index (χ1v) is 9.39. The molecule has 0 bridgehead atoms. The molecule has 0 aliphatic heterocycles. The Labute approximate surface area is 174 Å². The molecule has 29 heavy (non-hydrogen) atoms. The first kappa shape index (κ1) is 20.4. The highest BCUT2D eigenvalue weighted by Gasteiger charge is 2.12. The minimum Gasteiger partial charge on any atom is -0.489 e. The van der Waals surface area contributed by atoms with Gasteiger partial charge in [-0.2, -0.15) is 0 Å². The van der Waals surface area contributed by atoms with Crippen LogP contribution in [-0.4, -0.2) is 18.5 Å². The SMILES string of the molecule is Cc1ccc(NC(=O)COC(=O)c2ccc(OCc3ccccc3)cc2)c(Cl)c1. The maximum Gasteiger partial charge on any atom is 0.338 e. The van der Waals surface area contributed by atoms with Gasteiger partial charge in [-0.25, -0.2) is 4.79 Å². The molecular formula is C23H20ClNO4. The average molecular weight is 410 g/mol. The van der Waals surface area contributed by atoms with E-state index in [0.29, 0.717) is 28.6 Å². The smallest absolute Gasteiger partial charge is 0.338 e. The number of aryl methyl sites for hydroxylation is 1. The number of rotatable bonds is 7. The quantitative estimate of drug-likeness (QED) is 0.556. The van der Waals surface area contributed by atoms with Crippen molar-refractivity contribution in [2.75, 3.05) is 11.9 Å². The van der Waals surface area contributed by atoms with E-state index in [9.17, 15) is 9.59 Å². The number of hydrogen-bond acceptors (Lipinski definition) is 4. The standard InChI is InChI=1S/C23H20ClNO4/c1-16-7-12-21(20(24)13-16)25-22(26)15-29-23(27)18-8-10-19(11-9-18)28-14-17-5-3-2-4-6-17/h2-13H,14-15H2,1H3,(H,25,26). The summed E-state index contributed by atoms with van der Waals surface area (Å²) in [5.41, 5.74) is 2.84. The Balaban J connectivity index is 1.48. The van der Waals surface area contributed by atoms with Crippen molar-refractivity contribution in [3.8, 4) is 5.75 Å². The molecule has 0 aliphatic carbocycles. The third-order valence-electron chi connectivity index (χ3n) is 4.07. The van der Waals surface area contributed by atoms with E-state index in [1.807, 2.05) is 43.3 Å². The van der Waals surface area contributed by atoms with Crippen LogP contribution in [0.2, 0.25) is 5.02 Å². The Morgan fingerprint density at radius 1 is 0.966 bits per heavy atom. The number of hydrogen-bond donors (Lipinski definition) is 1. The lowest BCUT2D eigenvalue weighted by atomic mass is 10.2. The summed E-state index contributed by atoms with van der Waals surface area (Å²) in [7, 11) is 0. The molecule has 0 heterocycles. The van der Waals surface area contributed by atoms with Crippen LogP contribution < -0.4 is 10.1 Å². The lowest BCUT2D eigenvalue weighted by Gasteiger charge is -2.09. The van der Waals surface area contributed by atoms with Gasteiger partial charge in [-0.15, -0.1) is 0 Å². The molecule has 0 saturated heterocycles. The van der Waals surface area contributed by atoms with E-state index in [4.69, 9.17) is 21.1 Å². The topological polar surface area (TPSA) is 64.6 Å². The highest BCUT2D eigenvalue weighted by Crippen LogP contribution is 2.22. The lowest BCUT2D eigenvalue weighted by Crippen LogP contribution is -2.21. The summed E-state index contributed by atoms with van der Waals surface area (Å²) in [6, 6.07) is 21.6. The normalized spacial score (nSPS) is 10.3. The summed E-state index contributed by atoms with van der Waals surface area (Å²) in [5.74, 6) is -0.422. The van der Waals surface area contributed by atoms with Crippen molar-refractivity contribution in [3.63, 3.8) is 0 Å². The summed E-state index contributed by atoms with van der Waals surface area (Å²) in [6.45, 7) is 1.93. The molecule has 0 radical (unpaired) electrons. The fraction of sp³-hybridized carbons (Fsp3) is 0.130. The van der Waals surface area contributed by atoms with E-state index < -0.39 is 18.5 Å². The molecule has 1 N–H and O–H groups in total. The van der Waals surface area contributed by atoms with Crippen molar-refractivity contribution in [2.45, 2.75) is 13.5 Å². The monoisotopic (exact) mass is 409 g/mol. The van der Waals surface area contributed by atoms with Crippen molar-refractivity contribution in [2.24, 2.45) is 0 Å². The van der Waals surface area contributed by atoms with Gasteiger partial charge in [0.1, 0.15) is 12.4 Å². The predicted octanol–water partition coefficient (Wildman–Crippen LogP) is 5.02. The van der Waals surface area contributed by atoms with Crippen molar-refractivity contribution >= 4 is 29.2 Å². The van der Waals surface area contributed by atoms with E-state index in [1.165, 1.54) is 0 Å². The number of nitrogens with one attached hydrogen (secondary N) is 1. The maximum absolute atomic E-state index is 12.1. The second-order valence-electron chi connectivity index (χ2n) is 6.41. The molecule has 3 aromatic rings. The largest absolute Gasteiger partial charge is 0.489 e. The summed E-state index contributed by atoms with van der Waals surface area (Å²) in [5, 5.41) is 3.04. The molecule has 1 amide bonds. The van der Waals surface area contributed by atoms with E-state index >= 15 is 0 Å². The summed E-state index contributed by atoms with van der Waals surface area (Å²) >= 11 is 6.08. The molecule has 0 atom stereocenters. The highest BCUT2D eigenvalue weighted by molar-refractivity contribution is 6.33. The number of carbonyl (C=O) groups is 2. The van der Waals surface area contributed by atoms with Crippen LogP contribution in [0.1, 0.15) is 21.5 Å². The molecule has 0 unspecified atom stereocenters. The fourth-order valence-corrected chi connectivity index (χ4v) is 2.83. The second-order valence-corrected chi connectivity index (χ2v) is 6.81. The summed E-state index contributed by atoms with van der Waals surface area (Å²) in [4.78, 5) is 24.1. The van der Waals surface area contributed by atoms with Gasteiger partial charge in [0.05, 0.1) is 16.3 Å². The third kappa shape index (κ3) is 6.09. The fourth-order valence-electron chi connectivity index (χ4n) is 2.55. The van der Waals surface area contributed by atoms with Crippen LogP contribution in [0, 0.1) is 6.92 Å². The van der Waals surface area contributed by atoms with Crippen LogP contribution in [0.5, 0.6) is 5.75 Å². The number of benzene rings is 3. The first-order valence-electron chi connectivity index (χ1n) is 9.01. The Kier molecular flexibility index (Phi) is 6.87. The predicted molar refractivity (Wildman–Crippen MR) is 112 cm³/mol. The zero-order valence-electron chi connectivity index (χ0n) is 15.9. The molecular weight excluding hydrogens is 390 g/mol. The molecule has 5 nitrogen and oxygen atoms in total. The van der Waals surface area contributed by atoms with Crippen molar-refractivity contribution in [1.29, 1.82) is 0 Å². The number of carbonyl (C=O) groups excluding carboxylic acids is 2. The maximum atomic E-state index is 12.1. The van der Waals surface area contributed by atoms with Crippen LogP contribution >= 0.6 is 11.6 Å². The molecule has 148 valence electrons. The lowest BCUT2D eigenvalue weighted by molar-refractivity contribution is -0.119. The Hall–Kier alpha value is -3.31. The number of esters is 1. The van der Waals surface area contributed by atoms with Gasteiger partial charge in [-0.3, -0.25) is 4.79 Å². The van der Waals surface area contributed by atoms with Gasteiger partial charge in [-0.1, -0.05) is 48.0 Å². The molecule has 3 rings (SSSR count). The van der Waals surface area contributed by atoms with Gasteiger partial charge in [0.25, 0.3) is 5.91 Å². The second kappa shape index (κ2) is 9.75. The third-order valence-corrected chi connectivity index (χ3v) is 4.38. The Morgan fingerprint density at radius 2 is 1.69 bits per heavy atom. The van der Waals surface area contributed by atoms with E-state index in [1.54, 1.807) is 36.4 Å². The van der Waals surface area contributed by atoms with Gasteiger partial charge < -0.3 is 14.8 Å². The van der Waals surface area contributed by atoms with Crippen molar-refractivity contribution < 1.29 is 19.1 Å². The molecule has 0 saturated carbocycles. The van der Waals surface area contributed by atoms with Crippen LogP contribution in [0.4, 0.5) is 5.69 Å². The average Bonchev–Trinajstić information content (AvgIpc) is 2.73. The van der Waals surface area contributed by atoms with Gasteiger partial charge in [0, 0.05) is 0 Å². The summed E-state index contributed by atoms with van der Waals surface area (Å²) in [6.07, 6.45) is 0. The van der Waals surface area contributed by atoms with Crippen LogP contribution in [0.25, 0.3) is 0 Å². The Bertz CT molecular complexity index is 988. The van der Waals surface area contributed by atoms with Gasteiger partial charge in [0.2, 0.25) is 0 Å². The van der Waals surface area contributed by atoms with E-state index in [0.717, 1.165) is 11.1 Å². The molecule has 0 fully saturated rings. The first-order chi connectivity index (χ1) is 14.0. The molecule has 0 aromatic heterocycles. The number of amides is 1. The Morgan fingerprint density at radius 3 is 2.38 bits per heavy atom. The van der Waals surface area contributed by atoms with E-state index in [2.05, 4.69) is 5.32 Å². The minimum atomic E-state index is -0.593. The van der Waals surface area contributed by atoms with Crippen LogP contribution in [-0.2, 0) is 16.1 Å². The van der Waals surface area contributed by atoms with E-state index in [-0.39, 0.29) is 0 Å². The molecule has 0 spiro atoms. The molecule has 3 aromatic carbocycles. The van der Waals surface area contributed by atoms with Crippen LogP contribution in [0.3, 0.4) is 0 Å². The van der Waals surface area contributed by atoms with Crippen molar-refractivity contribution in [3.05, 3.63) is 94.5 Å². The van der Waals surface area contributed by atoms with Gasteiger partial charge in [0.15, 0.2) is 6.61 Å². The van der Waals surface area contributed by atoms with Gasteiger partial charge >= 0.3 is 5.97 Å². The number of halogens is 1. The zero-order valence-corrected chi connectivity index (χ0v) is 16.6. The minimum absolute atomic E-state index is 0.332. The van der Waals surface area contributed by atoms with Crippen molar-refractivity contribution in [1.82, 2.24) is 0 Å². The number of anilines is 1. The zero-order chi connectivity index (χ0) is 20.6. The molecule has 6 heteroatoms. The number of ether oxygens (including phenoxy) is 2.